The average Bonchev–Trinajstić information content (AvgIpc) is 2.30. The summed E-state index contributed by atoms with van der Waals surface area (Å²) < 4.78 is 4.78. The molecule has 0 bridgehead atoms. The van der Waals surface area contributed by atoms with Gasteiger partial charge in [0.25, 0.3) is 0 Å². The van der Waals surface area contributed by atoms with Crippen molar-refractivity contribution in [3.05, 3.63) is 29.8 Å². The molecule has 0 heterocycles. The lowest BCUT2D eigenvalue weighted by molar-refractivity contribution is -0.118. The number of carbonyl (C=O) groups excluding carboxylic acids is 1. The molecule has 0 aromatic heterocycles. The molecule has 0 radical (unpaired) electrons. The van der Waals surface area contributed by atoms with Crippen molar-refractivity contribution in [2.45, 2.75) is 12.6 Å². The molecule has 0 aliphatic rings. The zero-order valence-corrected chi connectivity index (χ0v) is 9.14. The largest absolute Gasteiger partial charge is 0.392 e. The van der Waals surface area contributed by atoms with E-state index in [9.17, 15) is 4.79 Å². The number of rotatable bonds is 5. The number of ether oxygens (including phenoxy) is 1. The molecular weight excluding hydrogens is 208 g/mol. The molecule has 0 aliphatic carbocycles. The number of methoxy groups -OCH3 is 1. The van der Waals surface area contributed by atoms with Gasteiger partial charge in [-0.2, -0.15) is 0 Å². The standard InChI is InChI=1S/C11H16N2O3/c1-16-7-10(12)11(15)13-9-4-2-8(6-14)3-5-9/h2-5,10,14H,6-7,12H2,1H3,(H,13,15). The highest BCUT2D eigenvalue weighted by molar-refractivity contribution is 5.94. The lowest BCUT2D eigenvalue weighted by Crippen LogP contribution is -2.39. The number of nitrogens with two attached hydrogens (primary N) is 1. The van der Waals surface area contributed by atoms with Gasteiger partial charge in [0.05, 0.1) is 13.2 Å². The van der Waals surface area contributed by atoms with Crippen LogP contribution in [0.5, 0.6) is 0 Å². The van der Waals surface area contributed by atoms with Crippen molar-refractivity contribution in [3.63, 3.8) is 0 Å². The third kappa shape index (κ3) is 3.62. The Kier molecular flexibility index (Phi) is 4.91. The summed E-state index contributed by atoms with van der Waals surface area (Å²) in [4.78, 5) is 11.5. The van der Waals surface area contributed by atoms with Gasteiger partial charge in [-0.25, -0.2) is 0 Å². The Morgan fingerprint density at radius 3 is 2.62 bits per heavy atom. The number of aliphatic hydroxyl groups excluding tert-OH is 1. The van der Waals surface area contributed by atoms with Crippen LogP contribution in [-0.4, -0.2) is 30.8 Å². The molecular formula is C11H16N2O3. The van der Waals surface area contributed by atoms with Crippen molar-refractivity contribution >= 4 is 11.6 Å². The maximum absolute atomic E-state index is 11.5. The normalized spacial score (nSPS) is 12.2. The molecule has 5 heteroatoms. The SMILES string of the molecule is COCC(N)C(=O)Nc1ccc(CO)cc1. The van der Waals surface area contributed by atoms with Gasteiger partial charge in [0, 0.05) is 12.8 Å². The summed E-state index contributed by atoms with van der Waals surface area (Å²) in [5, 5.41) is 11.5. The van der Waals surface area contributed by atoms with Gasteiger partial charge in [-0.1, -0.05) is 12.1 Å². The molecule has 1 unspecified atom stereocenters. The Hall–Kier alpha value is -1.43. The summed E-state index contributed by atoms with van der Waals surface area (Å²) in [6.45, 7) is 0.165. The minimum Gasteiger partial charge on any atom is -0.392 e. The zero-order valence-electron chi connectivity index (χ0n) is 9.14. The maximum atomic E-state index is 11.5. The number of amides is 1. The Labute approximate surface area is 94.2 Å². The van der Waals surface area contributed by atoms with E-state index in [-0.39, 0.29) is 19.1 Å². The summed E-state index contributed by atoms with van der Waals surface area (Å²) in [6.07, 6.45) is 0. The van der Waals surface area contributed by atoms with Gasteiger partial charge in [-0.3, -0.25) is 4.79 Å². The Morgan fingerprint density at radius 2 is 2.12 bits per heavy atom. The molecule has 0 fully saturated rings. The molecule has 16 heavy (non-hydrogen) atoms. The number of carbonyl (C=O) groups is 1. The molecule has 0 saturated carbocycles. The number of aliphatic hydroxyl groups is 1. The van der Waals surface area contributed by atoms with Crippen LogP contribution in [0.25, 0.3) is 0 Å². The topological polar surface area (TPSA) is 84.6 Å². The van der Waals surface area contributed by atoms with Crippen LogP contribution in [0.15, 0.2) is 24.3 Å². The van der Waals surface area contributed by atoms with E-state index in [4.69, 9.17) is 15.6 Å². The number of hydrogen-bond donors (Lipinski definition) is 3. The summed E-state index contributed by atoms with van der Waals surface area (Å²) in [6, 6.07) is 6.21. The first-order chi connectivity index (χ1) is 7.67. The van der Waals surface area contributed by atoms with Crippen LogP contribution in [0.1, 0.15) is 5.56 Å². The van der Waals surface area contributed by atoms with E-state index in [1.54, 1.807) is 24.3 Å². The van der Waals surface area contributed by atoms with E-state index in [2.05, 4.69) is 5.32 Å². The van der Waals surface area contributed by atoms with Gasteiger partial charge < -0.3 is 20.9 Å². The fourth-order valence-corrected chi connectivity index (χ4v) is 1.18. The predicted octanol–water partition coefficient (Wildman–Crippen LogP) is 0.0911. The average molecular weight is 224 g/mol. The van der Waals surface area contributed by atoms with Crippen molar-refractivity contribution in [1.82, 2.24) is 0 Å². The number of benzene rings is 1. The number of nitrogens with one attached hydrogen (secondary N) is 1. The molecule has 88 valence electrons. The summed E-state index contributed by atoms with van der Waals surface area (Å²) in [5.41, 5.74) is 6.99. The third-order valence-electron chi connectivity index (χ3n) is 2.09. The minimum atomic E-state index is -0.678. The van der Waals surface area contributed by atoms with Crippen LogP contribution < -0.4 is 11.1 Å². The molecule has 0 spiro atoms. The van der Waals surface area contributed by atoms with Gasteiger partial charge >= 0.3 is 0 Å². The van der Waals surface area contributed by atoms with Crippen molar-refractivity contribution < 1.29 is 14.6 Å². The summed E-state index contributed by atoms with van der Waals surface area (Å²) in [5.74, 6) is -0.293. The van der Waals surface area contributed by atoms with Crippen LogP contribution in [0.3, 0.4) is 0 Å². The second-order valence-electron chi connectivity index (χ2n) is 3.41. The van der Waals surface area contributed by atoms with Gasteiger partial charge in [0.15, 0.2) is 0 Å². The molecule has 1 amide bonds. The van der Waals surface area contributed by atoms with Crippen LogP contribution in [0.4, 0.5) is 5.69 Å². The van der Waals surface area contributed by atoms with E-state index in [0.29, 0.717) is 5.69 Å². The van der Waals surface area contributed by atoms with Crippen molar-refractivity contribution in [1.29, 1.82) is 0 Å². The van der Waals surface area contributed by atoms with E-state index >= 15 is 0 Å². The van der Waals surface area contributed by atoms with Crippen LogP contribution in [-0.2, 0) is 16.1 Å². The van der Waals surface area contributed by atoms with Crippen molar-refractivity contribution in [3.8, 4) is 0 Å². The molecule has 1 aromatic carbocycles. The highest BCUT2D eigenvalue weighted by atomic mass is 16.5. The van der Waals surface area contributed by atoms with Crippen molar-refractivity contribution in [2.75, 3.05) is 19.0 Å². The molecule has 1 rings (SSSR count). The second kappa shape index (κ2) is 6.22. The van der Waals surface area contributed by atoms with Crippen LogP contribution in [0, 0.1) is 0 Å². The summed E-state index contributed by atoms with van der Waals surface area (Å²) in [7, 11) is 1.49. The lowest BCUT2D eigenvalue weighted by Gasteiger charge is -2.11. The van der Waals surface area contributed by atoms with E-state index in [0.717, 1.165) is 5.56 Å². The van der Waals surface area contributed by atoms with Gasteiger partial charge in [0.1, 0.15) is 6.04 Å². The number of hydrogen-bond acceptors (Lipinski definition) is 4. The molecule has 4 N–H and O–H groups in total. The van der Waals surface area contributed by atoms with Gasteiger partial charge in [0.2, 0.25) is 5.91 Å². The monoisotopic (exact) mass is 224 g/mol. The Bertz CT molecular complexity index is 338. The fourth-order valence-electron chi connectivity index (χ4n) is 1.18. The quantitative estimate of drug-likeness (QED) is 0.662. The Morgan fingerprint density at radius 1 is 1.50 bits per heavy atom. The van der Waals surface area contributed by atoms with Crippen LogP contribution >= 0.6 is 0 Å². The first-order valence-corrected chi connectivity index (χ1v) is 4.92. The van der Waals surface area contributed by atoms with Crippen LogP contribution in [0.2, 0.25) is 0 Å². The molecule has 0 aliphatic heterocycles. The molecule has 1 atom stereocenters. The van der Waals surface area contributed by atoms with E-state index < -0.39 is 6.04 Å². The highest BCUT2D eigenvalue weighted by Gasteiger charge is 2.12. The van der Waals surface area contributed by atoms with Gasteiger partial charge in [-0.05, 0) is 17.7 Å². The maximum Gasteiger partial charge on any atom is 0.243 e. The second-order valence-corrected chi connectivity index (χ2v) is 3.41. The number of anilines is 1. The third-order valence-corrected chi connectivity index (χ3v) is 2.09. The van der Waals surface area contributed by atoms with Crippen molar-refractivity contribution in [2.24, 2.45) is 5.73 Å². The first kappa shape index (κ1) is 12.6. The lowest BCUT2D eigenvalue weighted by atomic mass is 10.2. The highest BCUT2D eigenvalue weighted by Crippen LogP contribution is 2.09. The predicted molar refractivity (Wildman–Crippen MR) is 60.8 cm³/mol. The van der Waals surface area contributed by atoms with E-state index in [1.807, 2.05) is 0 Å². The smallest absolute Gasteiger partial charge is 0.243 e. The van der Waals surface area contributed by atoms with Gasteiger partial charge in [-0.15, -0.1) is 0 Å². The first-order valence-electron chi connectivity index (χ1n) is 4.92. The minimum absolute atomic E-state index is 0.0165. The fraction of sp³-hybridized carbons (Fsp3) is 0.364. The Balaban J connectivity index is 2.55. The molecule has 0 saturated heterocycles. The molecule has 1 aromatic rings. The summed E-state index contributed by atoms with van der Waals surface area (Å²) >= 11 is 0. The zero-order chi connectivity index (χ0) is 12.0. The molecule has 5 nitrogen and oxygen atoms in total. The van der Waals surface area contributed by atoms with E-state index in [1.165, 1.54) is 7.11 Å².